The zero-order valence-corrected chi connectivity index (χ0v) is 17.3. The van der Waals surface area contributed by atoms with Crippen molar-refractivity contribution < 1.29 is 9.18 Å². The van der Waals surface area contributed by atoms with Crippen molar-refractivity contribution in [3.05, 3.63) is 59.7 Å². The molecule has 3 aromatic rings. The van der Waals surface area contributed by atoms with Gasteiger partial charge in [0.05, 0.1) is 6.54 Å². The fourth-order valence-corrected chi connectivity index (χ4v) is 3.03. The van der Waals surface area contributed by atoms with Gasteiger partial charge in [0.25, 0.3) is 0 Å². The summed E-state index contributed by atoms with van der Waals surface area (Å²) in [5.74, 6) is 0.802. The molecule has 3 rings (SSSR count). The Kier molecular flexibility index (Phi) is 7.37. The molecule has 0 saturated carbocycles. The number of aromatic nitrogens is 2. The van der Waals surface area contributed by atoms with Crippen molar-refractivity contribution in [2.45, 2.75) is 26.7 Å². The molecule has 158 valence electrons. The van der Waals surface area contributed by atoms with Gasteiger partial charge in [-0.25, -0.2) is 9.37 Å². The van der Waals surface area contributed by atoms with Crippen molar-refractivity contribution in [1.82, 2.24) is 20.6 Å². The van der Waals surface area contributed by atoms with Gasteiger partial charge < -0.3 is 20.9 Å². The van der Waals surface area contributed by atoms with Crippen molar-refractivity contribution in [3.8, 4) is 0 Å². The van der Waals surface area contributed by atoms with Gasteiger partial charge in [0.1, 0.15) is 11.6 Å². The van der Waals surface area contributed by atoms with Crippen LogP contribution >= 0.6 is 0 Å². The molecular weight excluding hydrogens is 383 g/mol. The number of anilines is 1. The number of aryl methyl sites for hydroxylation is 1. The largest absolute Gasteiger partial charge is 0.361 e. The van der Waals surface area contributed by atoms with Gasteiger partial charge in [-0.05, 0) is 55.7 Å². The maximum Gasteiger partial charge on any atom is 0.227 e. The van der Waals surface area contributed by atoms with E-state index in [4.69, 9.17) is 0 Å². The van der Waals surface area contributed by atoms with E-state index in [1.807, 2.05) is 26.1 Å². The van der Waals surface area contributed by atoms with Gasteiger partial charge in [-0.1, -0.05) is 6.07 Å². The number of rotatable bonds is 8. The standard InChI is InChI=1S/C22H27FN6O/c1-3-24-22(26-11-9-21(30)29-20-7-4-15(2)13-28-20)25-10-8-16-14-27-19-6-5-17(23)12-18(16)19/h4-7,12-14,27H,3,8-11H2,1-2H3,(H2,24,25,26)(H,28,29,30). The quantitative estimate of drug-likeness (QED) is 0.339. The van der Waals surface area contributed by atoms with Crippen LogP contribution in [-0.4, -0.2) is 41.5 Å². The lowest BCUT2D eigenvalue weighted by Gasteiger charge is -2.11. The third-order valence-corrected chi connectivity index (χ3v) is 4.55. The Morgan fingerprint density at radius 3 is 2.87 bits per heavy atom. The molecule has 1 amide bonds. The monoisotopic (exact) mass is 410 g/mol. The SMILES string of the molecule is CCNC(=NCCC(=O)Nc1ccc(C)cn1)NCCc1c[nH]c2ccc(F)cc12. The fraction of sp³-hybridized carbons (Fsp3) is 0.318. The lowest BCUT2D eigenvalue weighted by molar-refractivity contribution is -0.116. The molecule has 0 aliphatic rings. The number of hydrogen-bond acceptors (Lipinski definition) is 3. The highest BCUT2D eigenvalue weighted by molar-refractivity contribution is 5.90. The predicted molar refractivity (Wildman–Crippen MR) is 118 cm³/mol. The maximum atomic E-state index is 13.5. The number of fused-ring (bicyclic) bond motifs is 1. The molecule has 0 aliphatic heterocycles. The van der Waals surface area contributed by atoms with Crippen LogP contribution in [0.4, 0.5) is 10.2 Å². The Morgan fingerprint density at radius 1 is 1.23 bits per heavy atom. The van der Waals surface area contributed by atoms with Crippen LogP contribution in [0.15, 0.2) is 47.7 Å². The summed E-state index contributed by atoms with van der Waals surface area (Å²) in [5.41, 5.74) is 3.00. The minimum Gasteiger partial charge on any atom is -0.361 e. The molecule has 8 heteroatoms. The number of guanidine groups is 1. The van der Waals surface area contributed by atoms with Crippen LogP contribution in [0.5, 0.6) is 0 Å². The number of H-pyrrole nitrogens is 1. The molecule has 4 N–H and O–H groups in total. The Morgan fingerprint density at radius 2 is 2.10 bits per heavy atom. The van der Waals surface area contributed by atoms with E-state index in [0.717, 1.165) is 22.0 Å². The summed E-state index contributed by atoms with van der Waals surface area (Å²) in [6.07, 6.45) is 4.59. The Balaban J connectivity index is 1.48. The molecule has 0 unspecified atom stereocenters. The number of hydrogen-bond donors (Lipinski definition) is 4. The average Bonchev–Trinajstić information content (AvgIpc) is 3.12. The minimum atomic E-state index is -0.245. The number of aromatic amines is 1. The number of nitrogens with one attached hydrogen (secondary N) is 4. The zero-order chi connectivity index (χ0) is 21.3. The minimum absolute atomic E-state index is 0.133. The normalized spacial score (nSPS) is 11.5. The Hall–Kier alpha value is -3.42. The van der Waals surface area contributed by atoms with E-state index in [9.17, 15) is 9.18 Å². The number of aliphatic imine (C=N–C) groups is 1. The van der Waals surface area contributed by atoms with Crippen LogP contribution in [0, 0.1) is 12.7 Å². The van der Waals surface area contributed by atoms with E-state index in [2.05, 4.69) is 30.9 Å². The third-order valence-electron chi connectivity index (χ3n) is 4.55. The molecule has 2 aromatic heterocycles. The molecule has 0 aliphatic carbocycles. The summed E-state index contributed by atoms with van der Waals surface area (Å²) in [6.45, 7) is 5.62. The lowest BCUT2D eigenvalue weighted by atomic mass is 10.1. The van der Waals surface area contributed by atoms with Gasteiger partial charge in [-0.2, -0.15) is 0 Å². The Bertz CT molecular complexity index is 1010. The highest BCUT2D eigenvalue weighted by atomic mass is 19.1. The Labute approximate surface area is 175 Å². The topological polar surface area (TPSA) is 94.2 Å². The molecule has 0 bridgehead atoms. The van der Waals surface area contributed by atoms with Gasteiger partial charge in [-0.3, -0.25) is 9.79 Å². The summed E-state index contributed by atoms with van der Waals surface area (Å²) >= 11 is 0. The molecule has 0 saturated heterocycles. The van der Waals surface area contributed by atoms with Gasteiger partial charge in [0.15, 0.2) is 5.96 Å². The third kappa shape index (κ3) is 6.04. The van der Waals surface area contributed by atoms with Crippen LogP contribution in [0.2, 0.25) is 0 Å². The van der Waals surface area contributed by atoms with Crippen molar-refractivity contribution in [2.24, 2.45) is 4.99 Å². The maximum absolute atomic E-state index is 13.5. The van der Waals surface area contributed by atoms with Gasteiger partial charge in [-0.15, -0.1) is 0 Å². The second-order valence-corrected chi connectivity index (χ2v) is 6.96. The fourth-order valence-electron chi connectivity index (χ4n) is 3.03. The first kappa shape index (κ1) is 21.3. The summed E-state index contributed by atoms with van der Waals surface area (Å²) in [4.78, 5) is 23.8. The van der Waals surface area contributed by atoms with Crippen LogP contribution in [0.25, 0.3) is 10.9 Å². The first-order valence-electron chi connectivity index (χ1n) is 10.1. The van der Waals surface area contributed by atoms with Gasteiger partial charge in [0.2, 0.25) is 5.91 Å². The first-order chi connectivity index (χ1) is 14.5. The number of pyridine rings is 1. The molecule has 0 atom stereocenters. The smallest absolute Gasteiger partial charge is 0.227 e. The molecule has 0 fully saturated rings. The zero-order valence-electron chi connectivity index (χ0n) is 17.3. The first-order valence-corrected chi connectivity index (χ1v) is 10.1. The summed E-state index contributed by atoms with van der Waals surface area (Å²) in [7, 11) is 0. The van der Waals surface area contributed by atoms with E-state index < -0.39 is 0 Å². The lowest BCUT2D eigenvalue weighted by Crippen LogP contribution is -2.38. The van der Waals surface area contributed by atoms with E-state index in [1.165, 1.54) is 6.07 Å². The molecule has 0 radical (unpaired) electrons. The highest BCUT2D eigenvalue weighted by Gasteiger charge is 2.06. The average molecular weight is 410 g/mol. The summed E-state index contributed by atoms with van der Waals surface area (Å²) in [5, 5.41) is 10.1. The number of carbonyl (C=O) groups excluding carboxylic acids is 1. The van der Waals surface area contributed by atoms with Crippen molar-refractivity contribution >= 4 is 28.6 Å². The van der Waals surface area contributed by atoms with Crippen LogP contribution in [-0.2, 0) is 11.2 Å². The molecule has 0 spiro atoms. The second-order valence-electron chi connectivity index (χ2n) is 6.96. The number of halogens is 1. The van der Waals surface area contributed by atoms with Crippen LogP contribution in [0.1, 0.15) is 24.5 Å². The predicted octanol–water partition coefficient (Wildman–Crippen LogP) is 3.14. The molecule has 7 nitrogen and oxygen atoms in total. The highest BCUT2D eigenvalue weighted by Crippen LogP contribution is 2.19. The number of carbonyl (C=O) groups is 1. The molecular formula is C22H27FN6O. The van der Waals surface area contributed by atoms with Crippen molar-refractivity contribution in [1.29, 1.82) is 0 Å². The number of nitrogens with zero attached hydrogens (tertiary/aromatic N) is 2. The molecule has 30 heavy (non-hydrogen) atoms. The van der Waals surface area contributed by atoms with Crippen LogP contribution in [0.3, 0.4) is 0 Å². The number of amides is 1. The van der Waals surface area contributed by atoms with E-state index >= 15 is 0 Å². The van der Waals surface area contributed by atoms with Gasteiger partial charge >= 0.3 is 0 Å². The number of benzene rings is 1. The van der Waals surface area contributed by atoms with Crippen LogP contribution < -0.4 is 16.0 Å². The van der Waals surface area contributed by atoms with E-state index in [1.54, 1.807) is 24.4 Å². The van der Waals surface area contributed by atoms with Crippen molar-refractivity contribution in [2.75, 3.05) is 25.0 Å². The summed E-state index contributed by atoms with van der Waals surface area (Å²) < 4.78 is 13.5. The summed E-state index contributed by atoms with van der Waals surface area (Å²) in [6, 6.07) is 8.41. The van der Waals surface area contributed by atoms with Crippen molar-refractivity contribution in [3.63, 3.8) is 0 Å². The second kappa shape index (κ2) is 10.4. The van der Waals surface area contributed by atoms with E-state index in [0.29, 0.717) is 37.8 Å². The molecule has 1 aromatic carbocycles. The molecule has 2 heterocycles. The van der Waals surface area contributed by atoms with Gasteiger partial charge in [0, 0.05) is 42.8 Å². The van der Waals surface area contributed by atoms with E-state index in [-0.39, 0.29) is 18.1 Å².